The van der Waals surface area contributed by atoms with Gasteiger partial charge in [0.2, 0.25) is 11.8 Å². The minimum atomic E-state index is -0.303. The molecule has 0 saturated carbocycles. The second-order valence-corrected chi connectivity index (χ2v) is 6.69. The summed E-state index contributed by atoms with van der Waals surface area (Å²) in [5.74, 6) is -0.345. The topological polar surface area (TPSA) is 70.7 Å². The molecule has 2 aromatic carbocycles. The number of anilines is 1. The Morgan fingerprint density at radius 3 is 2.57 bits per heavy atom. The van der Waals surface area contributed by atoms with Crippen molar-refractivity contribution in [3.8, 4) is 5.75 Å². The SMILES string of the molecule is COc1ccc(Cl)cc1NC(=O)CN(C)CC(=O)NCCc1ccccc1F. The summed E-state index contributed by atoms with van der Waals surface area (Å²) in [5, 5.41) is 5.91. The summed E-state index contributed by atoms with van der Waals surface area (Å²) in [6.45, 7) is 0.368. The van der Waals surface area contributed by atoms with Gasteiger partial charge >= 0.3 is 0 Å². The molecule has 2 amide bonds. The van der Waals surface area contributed by atoms with Gasteiger partial charge in [0, 0.05) is 11.6 Å². The van der Waals surface area contributed by atoms with Gasteiger partial charge in [-0.25, -0.2) is 4.39 Å². The molecule has 0 aliphatic heterocycles. The summed E-state index contributed by atoms with van der Waals surface area (Å²) in [5.41, 5.74) is 1.01. The van der Waals surface area contributed by atoms with Gasteiger partial charge in [-0.2, -0.15) is 0 Å². The maximum absolute atomic E-state index is 13.5. The Labute approximate surface area is 168 Å². The second kappa shape index (κ2) is 10.6. The van der Waals surface area contributed by atoms with Crippen LogP contribution in [0.15, 0.2) is 42.5 Å². The van der Waals surface area contributed by atoms with Crippen LogP contribution in [-0.2, 0) is 16.0 Å². The maximum atomic E-state index is 13.5. The van der Waals surface area contributed by atoms with E-state index in [-0.39, 0.29) is 30.7 Å². The quantitative estimate of drug-likeness (QED) is 0.670. The molecule has 0 unspecified atom stereocenters. The Morgan fingerprint density at radius 2 is 1.86 bits per heavy atom. The van der Waals surface area contributed by atoms with Gasteiger partial charge in [0.1, 0.15) is 11.6 Å². The van der Waals surface area contributed by atoms with E-state index in [1.807, 2.05) is 0 Å². The fraction of sp³-hybridized carbons (Fsp3) is 0.300. The zero-order chi connectivity index (χ0) is 20.5. The monoisotopic (exact) mass is 407 g/mol. The number of rotatable bonds is 9. The third-order valence-electron chi connectivity index (χ3n) is 3.94. The van der Waals surface area contributed by atoms with Gasteiger partial charge in [-0.15, -0.1) is 0 Å². The average Bonchev–Trinajstić information content (AvgIpc) is 2.63. The number of ether oxygens (including phenoxy) is 1. The van der Waals surface area contributed by atoms with E-state index in [2.05, 4.69) is 10.6 Å². The number of nitrogens with zero attached hydrogens (tertiary/aromatic N) is 1. The van der Waals surface area contributed by atoms with E-state index in [0.717, 1.165) is 0 Å². The van der Waals surface area contributed by atoms with Crippen molar-refractivity contribution >= 4 is 29.1 Å². The number of benzene rings is 2. The van der Waals surface area contributed by atoms with Crippen molar-refractivity contribution in [1.29, 1.82) is 0 Å². The number of methoxy groups -OCH3 is 1. The molecular weight excluding hydrogens is 385 g/mol. The fourth-order valence-electron chi connectivity index (χ4n) is 2.61. The van der Waals surface area contributed by atoms with Crippen LogP contribution < -0.4 is 15.4 Å². The largest absolute Gasteiger partial charge is 0.495 e. The van der Waals surface area contributed by atoms with E-state index >= 15 is 0 Å². The second-order valence-electron chi connectivity index (χ2n) is 6.26. The number of carbonyl (C=O) groups is 2. The smallest absolute Gasteiger partial charge is 0.238 e. The average molecular weight is 408 g/mol. The fourth-order valence-corrected chi connectivity index (χ4v) is 2.78. The first-order chi connectivity index (χ1) is 13.4. The van der Waals surface area contributed by atoms with Crippen LogP contribution in [0, 0.1) is 5.82 Å². The van der Waals surface area contributed by atoms with E-state index in [1.54, 1.807) is 48.3 Å². The molecule has 2 aromatic rings. The van der Waals surface area contributed by atoms with Crippen LogP contribution in [0.25, 0.3) is 0 Å². The van der Waals surface area contributed by atoms with Crippen molar-refractivity contribution in [2.24, 2.45) is 0 Å². The Morgan fingerprint density at radius 1 is 1.14 bits per heavy atom. The van der Waals surface area contributed by atoms with Gasteiger partial charge in [0.15, 0.2) is 0 Å². The first-order valence-corrected chi connectivity index (χ1v) is 9.09. The van der Waals surface area contributed by atoms with E-state index in [4.69, 9.17) is 16.3 Å². The number of likely N-dealkylation sites (N-methyl/N-ethyl adjacent to an activating group) is 1. The zero-order valence-electron chi connectivity index (χ0n) is 15.8. The maximum Gasteiger partial charge on any atom is 0.238 e. The molecule has 0 aliphatic rings. The van der Waals surface area contributed by atoms with Crippen LogP contribution in [0.1, 0.15) is 5.56 Å². The van der Waals surface area contributed by atoms with E-state index < -0.39 is 0 Å². The molecule has 0 atom stereocenters. The van der Waals surface area contributed by atoms with Gasteiger partial charge < -0.3 is 15.4 Å². The molecule has 0 bridgehead atoms. The predicted molar refractivity (Wildman–Crippen MR) is 107 cm³/mol. The van der Waals surface area contributed by atoms with Crippen LogP contribution in [-0.4, -0.2) is 50.5 Å². The molecule has 8 heteroatoms. The lowest BCUT2D eigenvalue weighted by Gasteiger charge is -2.17. The van der Waals surface area contributed by atoms with Gasteiger partial charge in [0.05, 0.1) is 25.9 Å². The predicted octanol–water partition coefficient (Wildman–Crippen LogP) is 2.72. The Kier molecular flexibility index (Phi) is 8.22. The molecule has 0 saturated heterocycles. The number of amides is 2. The molecule has 150 valence electrons. The van der Waals surface area contributed by atoms with E-state index in [0.29, 0.717) is 35.0 Å². The number of halogens is 2. The Hall–Kier alpha value is -2.64. The number of nitrogens with one attached hydrogen (secondary N) is 2. The molecule has 28 heavy (non-hydrogen) atoms. The lowest BCUT2D eigenvalue weighted by Crippen LogP contribution is -2.39. The van der Waals surface area contributed by atoms with Gasteiger partial charge in [-0.3, -0.25) is 14.5 Å². The van der Waals surface area contributed by atoms with Gasteiger partial charge in [0.25, 0.3) is 0 Å². The number of hydrogen-bond donors (Lipinski definition) is 2. The number of hydrogen-bond acceptors (Lipinski definition) is 4. The molecule has 6 nitrogen and oxygen atoms in total. The summed E-state index contributed by atoms with van der Waals surface area (Å²) in [4.78, 5) is 25.8. The minimum Gasteiger partial charge on any atom is -0.495 e. The first kappa shape index (κ1) is 21.7. The van der Waals surface area contributed by atoms with Crippen molar-refractivity contribution in [3.05, 3.63) is 58.9 Å². The zero-order valence-corrected chi connectivity index (χ0v) is 16.6. The lowest BCUT2D eigenvalue weighted by molar-refractivity contribution is -0.122. The van der Waals surface area contributed by atoms with Crippen LogP contribution in [0.4, 0.5) is 10.1 Å². The summed E-state index contributed by atoms with van der Waals surface area (Å²) in [7, 11) is 3.15. The summed E-state index contributed by atoms with van der Waals surface area (Å²) in [6.07, 6.45) is 0.400. The first-order valence-electron chi connectivity index (χ1n) is 8.71. The number of carbonyl (C=O) groups excluding carboxylic acids is 2. The van der Waals surface area contributed by atoms with Crippen LogP contribution in [0.2, 0.25) is 5.02 Å². The van der Waals surface area contributed by atoms with E-state index in [9.17, 15) is 14.0 Å². The summed E-state index contributed by atoms with van der Waals surface area (Å²) >= 11 is 5.94. The third kappa shape index (κ3) is 6.83. The molecule has 0 heterocycles. The highest BCUT2D eigenvalue weighted by Gasteiger charge is 2.13. The third-order valence-corrected chi connectivity index (χ3v) is 4.17. The molecule has 0 fully saturated rings. The Balaban J connectivity index is 1.76. The highest BCUT2D eigenvalue weighted by atomic mass is 35.5. The van der Waals surface area contributed by atoms with Crippen molar-refractivity contribution in [3.63, 3.8) is 0 Å². The summed E-state index contributed by atoms with van der Waals surface area (Å²) < 4.78 is 18.7. The molecule has 0 aliphatic carbocycles. The van der Waals surface area contributed by atoms with Crippen molar-refractivity contribution in [2.45, 2.75) is 6.42 Å². The van der Waals surface area contributed by atoms with Crippen molar-refractivity contribution in [1.82, 2.24) is 10.2 Å². The van der Waals surface area contributed by atoms with Crippen molar-refractivity contribution < 1.29 is 18.7 Å². The lowest BCUT2D eigenvalue weighted by atomic mass is 10.1. The van der Waals surface area contributed by atoms with Crippen LogP contribution in [0.5, 0.6) is 5.75 Å². The van der Waals surface area contributed by atoms with Crippen LogP contribution >= 0.6 is 11.6 Å². The summed E-state index contributed by atoms with van der Waals surface area (Å²) in [6, 6.07) is 11.4. The molecule has 2 N–H and O–H groups in total. The molecule has 0 aromatic heterocycles. The highest BCUT2D eigenvalue weighted by Crippen LogP contribution is 2.27. The molecule has 2 rings (SSSR count). The molecule has 0 radical (unpaired) electrons. The normalized spacial score (nSPS) is 10.6. The van der Waals surface area contributed by atoms with Crippen molar-refractivity contribution in [2.75, 3.05) is 39.1 Å². The standard InChI is InChI=1S/C20H23ClFN3O3/c1-25(12-19(26)23-10-9-14-5-3-4-6-16(14)22)13-20(27)24-17-11-15(21)7-8-18(17)28-2/h3-8,11H,9-10,12-13H2,1-2H3,(H,23,26)(H,24,27). The van der Waals surface area contributed by atoms with Gasteiger partial charge in [-0.05, 0) is 43.3 Å². The van der Waals surface area contributed by atoms with Crippen LogP contribution in [0.3, 0.4) is 0 Å². The molecular formula is C20H23ClFN3O3. The minimum absolute atomic E-state index is 0.0103. The van der Waals surface area contributed by atoms with Gasteiger partial charge in [-0.1, -0.05) is 29.8 Å². The Bertz CT molecular complexity index is 832. The van der Waals surface area contributed by atoms with E-state index in [1.165, 1.54) is 13.2 Å². The highest BCUT2D eigenvalue weighted by molar-refractivity contribution is 6.31. The molecule has 0 spiro atoms.